The second-order valence-electron chi connectivity index (χ2n) is 6.74. The Balaban J connectivity index is 1.59. The van der Waals surface area contributed by atoms with E-state index in [2.05, 4.69) is 34.4 Å². The number of rotatable bonds is 7. The van der Waals surface area contributed by atoms with Crippen molar-refractivity contribution in [3.8, 4) is 0 Å². The molecule has 22 heavy (non-hydrogen) atoms. The van der Waals surface area contributed by atoms with Crippen LogP contribution < -0.4 is 10.6 Å². The zero-order chi connectivity index (χ0) is 15.6. The first-order chi connectivity index (χ1) is 10.8. The molecule has 0 bridgehead atoms. The standard InChI is InChI=1S/C17H35N5/c1-3-18-17(20-16-8-4-5-9-16)19-10-6-7-11-22-14-12-21(2)13-15-22/h16H,3-15H2,1-2H3,(H2,18,19,20). The van der Waals surface area contributed by atoms with E-state index in [9.17, 15) is 0 Å². The first kappa shape index (κ1) is 17.5. The molecule has 2 fully saturated rings. The first-order valence-corrected chi connectivity index (χ1v) is 9.23. The molecule has 0 aromatic rings. The van der Waals surface area contributed by atoms with Crippen molar-refractivity contribution < 1.29 is 0 Å². The molecule has 0 spiro atoms. The van der Waals surface area contributed by atoms with Gasteiger partial charge >= 0.3 is 0 Å². The Kier molecular flexibility index (Phi) is 8.02. The molecule has 2 rings (SSSR count). The topological polar surface area (TPSA) is 42.9 Å². The second kappa shape index (κ2) is 10.1. The average Bonchev–Trinajstić information content (AvgIpc) is 3.02. The van der Waals surface area contributed by atoms with Crippen LogP contribution in [0.4, 0.5) is 0 Å². The number of nitrogens with zero attached hydrogens (tertiary/aromatic N) is 3. The lowest BCUT2D eigenvalue weighted by Gasteiger charge is -2.32. The Morgan fingerprint density at radius 1 is 1.09 bits per heavy atom. The van der Waals surface area contributed by atoms with Crippen LogP contribution in [0.5, 0.6) is 0 Å². The van der Waals surface area contributed by atoms with Crippen LogP contribution in [0, 0.1) is 0 Å². The molecule has 1 heterocycles. The van der Waals surface area contributed by atoms with Crippen LogP contribution in [0.1, 0.15) is 45.4 Å². The molecule has 1 aliphatic carbocycles. The van der Waals surface area contributed by atoms with E-state index < -0.39 is 0 Å². The number of hydrogen-bond donors (Lipinski definition) is 2. The third-order valence-electron chi connectivity index (χ3n) is 4.79. The molecule has 0 radical (unpaired) electrons. The van der Waals surface area contributed by atoms with Crippen molar-refractivity contribution >= 4 is 5.96 Å². The lowest BCUT2D eigenvalue weighted by atomic mass is 10.2. The lowest BCUT2D eigenvalue weighted by Crippen LogP contribution is -2.44. The summed E-state index contributed by atoms with van der Waals surface area (Å²) in [4.78, 5) is 9.74. The molecule has 1 saturated carbocycles. The van der Waals surface area contributed by atoms with Crippen LogP contribution in [0.2, 0.25) is 0 Å². The zero-order valence-electron chi connectivity index (χ0n) is 14.6. The first-order valence-electron chi connectivity index (χ1n) is 9.23. The van der Waals surface area contributed by atoms with Gasteiger partial charge < -0.3 is 20.4 Å². The molecule has 0 atom stereocenters. The Hall–Kier alpha value is -0.810. The van der Waals surface area contributed by atoms with Crippen molar-refractivity contribution in [2.24, 2.45) is 4.99 Å². The Morgan fingerprint density at radius 2 is 1.82 bits per heavy atom. The number of guanidine groups is 1. The summed E-state index contributed by atoms with van der Waals surface area (Å²) in [6, 6.07) is 0.642. The lowest BCUT2D eigenvalue weighted by molar-refractivity contribution is 0.152. The fourth-order valence-electron chi connectivity index (χ4n) is 3.29. The predicted molar refractivity (Wildman–Crippen MR) is 94.5 cm³/mol. The largest absolute Gasteiger partial charge is 0.357 e. The van der Waals surface area contributed by atoms with E-state index in [0.29, 0.717) is 6.04 Å². The fourth-order valence-corrected chi connectivity index (χ4v) is 3.29. The molecule has 128 valence electrons. The van der Waals surface area contributed by atoms with E-state index in [4.69, 9.17) is 4.99 Å². The van der Waals surface area contributed by atoms with Gasteiger partial charge in [0, 0.05) is 45.3 Å². The highest BCUT2D eigenvalue weighted by atomic mass is 15.2. The number of unbranched alkanes of at least 4 members (excludes halogenated alkanes) is 1. The summed E-state index contributed by atoms with van der Waals surface area (Å²) in [6.45, 7) is 10.1. The number of aliphatic imine (C=N–C) groups is 1. The monoisotopic (exact) mass is 309 g/mol. The maximum absolute atomic E-state index is 4.74. The summed E-state index contributed by atoms with van der Waals surface area (Å²) in [5.74, 6) is 1.02. The van der Waals surface area contributed by atoms with Gasteiger partial charge in [0.2, 0.25) is 0 Å². The molecule has 2 aliphatic rings. The van der Waals surface area contributed by atoms with Crippen LogP contribution >= 0.6 is 0 Å². The molecular weight excluding hydrogens is 274 g/mol. The maximum Gasteiger partial charge on any atom is 0.191 e. The van der Waals surface area contributed by atoms with Gasteiger partial charge in [-0.15, -0.1) is 0 Å². The zero-order valence-corrected chi connectivity index (χ0v) is 14.6. The van der Waals surface area contributed by atoms with Gasteiger partial charge in [-0.05, 0) is 46.2 Å². The van der Waals surface area contributed by atoms with Gasteiger partial charge in [0.05, 0.1) is 0 Å². The van der Waals surface area contributed by atoms with Gasteiger partial charge in [0.15, 0.2) is 5.96 Å². The van der Waals surface area contributed by atoms with Crippen molar-refractivity contribution in [3.63, 3.8) is 0 Å². The average molecular weight is 310 g/mol. The van der Waals surface area contributed by atoms with E-state index in [1.54, 1.807) is 0 Å². The molecule has 2 N–H and O–H groups in total. The van der Waals surface area contributed by atoms with Crippen LogP contribution in [0.15, 0.2) is 4.99 Å². The minimum Gasteiger partial charge on any atom is -0.357 e. The Bertz CT molecular complexity index is 317. The summed E-state index contributed by atoms with van der Waals surface area (Å²) in [5.41, 5.74) is 0. The SMILES string of the molecule is CCNC(=NCCCCN1CCN(C)CC1)NC1CCCC1. The summed E-state index contributed by atoms with van der Waals surface area (Å²) in [6.07, 6.45) is 7.77. The van der Waals surface area contributed by atoms with E-state index in [-0.39, 0.29) is 0 Å². The predicted octanol–water partition coefficient (Wildman–Crippen LogP) is 1.51. The van der Waals surface area contributed by atoms with Crippen molar-refractivity contribution in [2.75, 3.05) is 52.9 Å². The summed E-state index contributed by atoms with van der Waals surface area (Å²) in [7, 11) is 2.21. The summed E-state index contributed by atoms with van der Waals surface area (Å²) in [5, 5.41) is 6.96. The van der Waals surface area contributed by atoms with Gasteiger partial charge in [-0.25, -0.2) is 0 Å². The molecule has 0 aromatic carbocycles. The number of likely N-dealkylation sites (N-methyl/N-ethyl adjacent to an activating group) is 1. The van der Waals surface area contributed by atoms with Gasteiger partial charge in [-0.2, -0.15) is 0 Å². The molecule has 0 aromatic heterocycles. The number of hydrogen-bond acceptors (Lipinski definition) is 3. The molecule has 1 aliphatic heterocycles. The highest BCUT2D eigenvalue weighted by Gasteiger charge is 2.16. The fraction of sp³-hybridized carbons (Fsp3) is 0.941. The number of piperazine rings is 1. The van der Waals surface area contributed by atoms with E-state index in [1.807, 2.05) is 0 Å². The molecule has 0 amide bonds. The third kappa shape index (κ3) is 6.53. The van der Waals surface area contributed by atoms with Gasteiger partial charge in [0.1, 0.15) is 0 Å². The van der Waals surface area contributed by atoms with E-state index in [1.165, 1.54) is 71.2 Å². The van der Waals surface area contributed by atoms with Crippen molar-refractivity contribution in [1.82, 2.24) is 20.4 Å². The second-order valence-corrected chi connectivity index (χ2v) is 6.74. The van der Waals surface area contributed by atoms with Gasteiger partial charge in [-0.3, -0.25) is 4.99 Å². The normalized spacial score (nSPS) is 22.2. The van der Waals surface area contributed by atoms with Gasteiger partial charge in [-0.1, -0.05) is 12.8 Å². The van der Waals surface area contributed by atoms with Gasteiger partial charge in [0.25, 0.3) is 0 Å². The van der Waals surface area contributed by atoms with Crippen molar-refractivity contribution in [1.29, 1.82) is 0 Å². The third-order valence-corrected chi connectivity index (χ3v) is 4.79. The Labute approximate surface area is 136 Å². The smallest absolute Gasteiger partial charge is 0.191 e. The van der Waals surface area contributed by atoms with E-state index >= 15 is 0 Å². The minimum absolute atomic E-state index is 0.642. The minimum atomic E-state index is 0.642. The molecule has 1 saturated heterocycles. The van der Waals surface area contributed by atoms with Crippen LogP contribution in [-0.4, -0.2) is 74.7 Å². The van der Waals surface area contributed by atoms with Crippen LogP contribution in [0.25, 0.3) is 0 Å². The highest BCUT2D eigenvalue weighted by molar-refractivity contribution is 5.80. The molecule has 5 heteroatoms. The summed E-state index contributed by atoms with van der Waals surface area (Å²) < 4.78 is 0. The Morgan fingerprint density at radius 3 is 2.50 bits per heavy atom. The maximum atomic E-state index is 4.74. The van der Waals surface area contributed by atoms with Crippen LogP contribution in [-0.2, 0) is 0 Å². The molecule has 5 nitrogen and oxygen atoms in total. The van der Waals surface area contributed by atoms with Crippen molar-refractivity contribution in [2.45, 2.75) is 51.5 Å². The number of nitrogens with one attached hydrogen (secondary N) is 2. The quantitative estimate of drug-likeness (QED) is 0.425. The highest BCUT2D eigenvalue weighted by Crippen LogP contribution is 2.17. The van der Waals surface area contributed by atoms with E-state index in [0.717, 1.165) is 19.0 Å². The van der Waals surface area contributed by atoms with Crippen molar-refractivity contribution in [3.05, 3.63) is 0 Å². The summed E-state index contributed by atoms with van der Waals surface area (Å²) >= 11 is 0. The molecular formula is C17H35N5. The molecule has 0 unspecified atom stereocenters. The van der Waals surface area contributed by atoms with Crippen LogP contribution in [0.3, 0.4) is 0 Å².